The van der Waals surface area contributed by atoms with Gasteiger partial charge in [0.2, 0.25) is 0 Å². The van der Waals surface area contributed by atoms with Crippen molar-refractivity contribution in [3.8, 4) is 0 Å². The fraction of sp³-hybridized carbons (Fsp3) is 0.333. The maximum atomic E-state index is 12.1. The van der Waals surface area contributed by atoms with Gasteiger partial charge in [0.1, 0.15) is 11.3 Å². The van der Waals surface area contributed by atoms with Crippen LogP contribution in [0.4, 0.5) is 10.5 Å². The van der Waals surface area contributed by atoms with Crippen LogP contribution in [-0.4, -0.2) is 39.7 Å². The predicted molar refractivity (Wildman–Crippen MR) is 116 cm³/mol. The van der Waals surface area contributed by atoms with E-state index >= 15 is 0 Å². The molecule has 3 rings (SSSR count). The standard InChI is InChI=1S/C21H24ClN5O3/c1-4-30-19(28)9-10-23-21(29)26-17-11-18-20(24-13(17)2)27(14(3)25-18)12-15-5-7-16(22)8-6-15/h5-8,11H,4,9-10,12H2,1-3H3,(H2,23,26,29). The minimum Gasteiger partial charge on any atom is -0.466 e. The number of imidazole rings is 1. The molecule has 1 aromatic carbocycles. The second kappa shape index (κ2) is 9.58. The summed E-state index contributed by atoms with van der Waals surface area (Å²) in [6, 6.07) is 9.03. The van der Waals surface area contributed by atoms with Crippen LogP contribution >= 0.6 is 11.6 Å². The lowest BCUT2D eigenvalue weighted by Gasteiger charge is -2.11. The number of rotatable bonds is 7. The fourth-order valence-corrected chi connectivity index (χ4v) is 3.14. The van der Waals surface area contributed by atoms with Crippen molar-refractivity contribution in [3.63, 3.8) is 0 Å². The summed E-state index contributed by atoms with van der Waals surface area (Å²) in [6.45, 7) is 6.61. The number of esters is 1. The molecule has 0 aliphatic rings. The third-order valence-corrected chi connectivity index (χ3v) is 4.78. The molecule has 0 aliphatic heterocycles. The normalized spacial score (nSPS) is 10.8. The summed E-state index contributed by atoms with van der Waals surface area (Å²) in [7, 11) is 0. The van der Waals surface area contributed by atoms with E-state index in [4.69, 9.17) is 16.3 Å². The molecule has 0 fully saturated rings. The molecular weight excluding hydrogens is 406 g/mol. The Morgan fingerprint density at radius 2 is 1.90 bits per heavy atom. The molecule has 2 amide bonds. The van der Waals surface area contributed by atoms with E-state index in [9.17, 15) is 9.59 Å². The van der Waals surface area contributed by atoms with Crippen LogP contribution in [0.3, 0.4) is 0 Å². The van der Waals surface area contributed by atoms with Gasteiger partial charge >= 0.3 is 12.0 Å². The number of nitrogens with one attached hydrogen (secondary N) is 2. The number of aromatic nitrogens is 3. The molecule has 0 aliphatic carbocycles. The van der Waals surface area contributed by atoms with Gasteiger partial charge in [0.25, 0.3) is 0 Å². The molecule has 2 aromatic heterocycles. The maximum absolute atomic E-state index is 12.1. The molecule has 0 unspecified atom stereocenters. The van der Waals surface area contributed by atoms with E-state index in [1.165, 1.54) is 0 Å². The third-order valence-electron chi connectivity index (χ3n) is 4.52. The minimum atomic E-state index is -0.416. The van der Waals surface area contributed by atoms with Crippen LogP contribution in [0.15, 0.2) is 30.3 Å². The van der Waals surface area contributed by atoms with Crippen molar-refractivity contribution in [1.29, 1.82) is 0 Å². The Balaban J connectivity index is 1.72. The van der Waals surface area contributed by atoms with E-state index in [0.29, 0.717) is 35.1 Å². The average Bonchev–Trinajstić information content (AvgIpc) is 2.98. The Hall–Kier alpha value is -3.13. The van der Waals surface area contributed by atoms with E-state index in [1.807, 2.05) is 42.7 Å². The number of carbonyl (C=O) groups excluding carboxylic acids is 2. The van der Waals surface area contributed by atoms with Gasteiger partial charge in [0, 0.05) is 11.6 Å². The first kappa shape index (κ1) is 21.6. The molecule has 0 bridgehead atoms. The Kier molecular flexibility index (Phi) is 6.89. The highest BCUT2D eigenvalue weighted by Gasteiger charge is 2.14. The second-order valence-corrected chi connectivity index (χ2v) is 7.21. The zero-order valence-electron chi connectivity index (χ0n) is 17.2. The second-order valence-electron chi connectivity index (χ2n) is 6.77. The van der Waals surface area contributed by atoms with Gasteiger partial charge in [0.05, 0.1) is 31.0 Å². The third kappa shape index (κ3) is 5.27. The Bertz CT molecular complexity index is 1060. The van der Waals surface area contributed by atoms with Crippen LogP contribution in [0, 0.1) is 13.8 Å². The number of urea groups is 1. The van der Waals surface area contributed by atoms with Crippen molar-refractivity contribution in [2.24, 2.45) is 0 Å². The van der Waals surface area contributed by atoms with Gasteiger partial charge in [-0.2, -0.15) is 0 Å². The van der Waals surface area contributed by atoms with E-state index in [-0.39, 0.29) is 18.9 Å². The van der Waals surface area contributed by atoms with Gasteiger partial charge in [-0.15, -0.1) is 0 Å². The Morgan fingerprint density at radius 3 is 2.60 bits per heavy atom. The number of ether oxygens (including phenoxy) is 1. The van der Waals surface area contributed by atoms with Gasteiger partial charge in [-0.3, -0.25) is 4.79 Å². The van der Waals surface area contributed by atoms with Gasteiger partial charge in [-0.1, -0.05) is 23.7 Å². The lowest BCUT2D eigenvalue weighted by Crippen LogP contribution is -2.31. The van der Waals surface area contributed by atoms with Gasteiger partial charge < -0.3 is 19.9 Å². The van der Waals surface area contributed by atoms with E-state index < -0.39 is 6.03 Å². The monoisotopic (exact) mass is 429 g/mol. The topological polar surface area (TPSA) is 98.1 Å². The largest absolute Gasteiger partial charge is 0.466 e. The Labute approximate surface area is 179 Å². The highest BCUT2D eigenvalue weighted by Crippen LogP contribution is 2.22. The van der Waals surface area contributed by atoms with Crippen LogP contribution in [0.2, 0.25) is 5.02 Å². The molecule has 0 atom stereocenters. The van der Waals surface area contributed by atoms with E-state index in [0.717, 1.165) is 17.0 Å². The number of fused-ring (bicyclic) bond motifs is 1. The van der Waals surface area contributed by atoms with Crippen LogP contribution < -0.4 is 10.6 Å². The summed E-state index contributed by atoms with van der Waals surface area (Å²) in [5.74, 6) is 0.474. The van der Waals surface area contributed by atoms with Crippen LogP contribution in [0.25, 0.3) is 11.2 Å². The zero-order chi connectivity index (χ0) is 21.7. The summed E-state index contributed by atoms with van der Waals surface area (Å²) in [5.41, 5.74) is 3.75. The van der Waals surface area contributed by atoms with Crippen molar-refractivity contribution in [1.82, 2.24) is 19.9 Å². The molecule has 3 aromatic rings. The molecule has 30 heavy (non-hydrogen) atoms. The average molecular weight is 430 g/mol. The summed E-state index contributed by atoms with van der Waals surface area (Å²) in [5, 5.41) is 6.09. The predicted octanol–water partition coefficient (Wildman–Crippen LogP) is 3.82. The number of amides is 2. The van der Waals surface area contributed by atoms with Crippen molar-refractivity contribution in [3.05, 3.63) is 52.4 Å². The molecule has 9 heteroatoms. The van der Waals surface area contributed by atoms with Gasteiger partial charge in [0.15, 0.2) is 5.65 Å². The molecule has 8 nitrogen and oxygen atoms in total. The molecule has 0 saturated carbocycles. The van der Waals surface area contributed by atoms with Crippen LogP contribution in [0.1, 0.15) is 30.4 Å². The molecule has 0 spiro atoms. The van der Waals surface area contributed by atoms with Crippen molar-refractivity contribution in [2.75, 3.05) is 18.5 Å². The quantitative estimate of drug-likeness (QED) is 0.556. The van der Waals surface area contributed by atoms with Crippen molar-refractivity contribution in [2.45, 2.75) is 33.7 Å². The first-order valence-electron chi connectivity index (χ1n) is 9.66. The molecule has 158 valence electrons. The number of carbonyl (C=O) groups is 2. The van der Waals surface area contributed by atoms with Gasteiger partial charge in [-0.25, -0.2) is 14.8 Å². The highest BCUT2D eigenvalue weighted by molar-refractivity contribution is 6.30. The number of benzene rings is 1. The number of halogens is 1. The SMILES string of the molecule is CCOC(=O)CCNC(=O)Nc1cc2nc(C)n(Cc3ccc(Cl)cc3)c2nc1C. The molecular formula is C21H24ClN5O3. The van der Waals surface area contributed by atoms with E-state index in [1.54, 1.807) is 13.0 Å². The highest BCUT2D eigenvalue weighted by atomic mass is 35.5. The smallest absolute Gasteiger partial charge is 0.319 e. The van der Waals surface area contributed by atoms with Crippen LogP contribution in [0.5, 0.6) is 0 Å². The fourth-order valence-electron chi connectivity index (χ4n) is 3.02. The number of anilines is 1. The van der Waals surface area contributed by atoms with Crippen LogP contribution in [-0.2, 0) is 16.1 Å². The number of pyridine rings is 1. The maximum Gasteiger partial charge on any atom is 0.319 e. The summed E-state index contributed by atoms with van der Waals surface area (Å²) in [4.78, 5) is 32.7. The number of hydrogen-bond donors (Lipinski definition) is 2. The number of hydrogen-bond acceptors (Lipinski definition) is 5. The summed E-state index contributed by atoms with van der Waals surface area (Å²) < 4.78 is 6.86. The molecule has 2 N–H and O–H groups in total. The molecule has 2 heterocycles. The first-order chi connectivity index (χ1) is 14.4. The Morgan fingerprint density at radius 1 is 1.17 bits per heavy atom. The van der Waals surface area contributed by atoms with Crippen molar-refractivity contribution >= 4 is 40.5 Å². The first-order valence-corrected chi connectivity index (χ1v) is 10.0. The minimum absolute atomic E-state index is 0.117. The number of nitrogens with zero attached hydrogens (tertiary/aromatic N) is 3. The zero-order valence-corrected chi connectivity index (χ0v) is 17.9. The van der Waals surface area contributed by atoms with Crippen molar-refractivity contribution < 1.29 is 14.3 Å². The lowest BCUT2D eigenvalue weighted by atomic mass is 10.2. The lowest BCUT2D eigenvalue weighted by molar-refractivity contribution is -0.142. The summed E-state index contributed by atoms with van der Waals surface area (Å²) in [6.07, 6.45) is 0.117. The van der Waals surface area contributed by atoms with E-state index in [2.05, 4.69) is 20.6 Å². The van der Waals surface area contributed by atoms with Gasteiger partial charge in [-0.05, 0) is 44.5 Å². The summed E-state index contributed by atoms with van der Waals surface area (Å²) >= 11 is 5.97. The molecule has 0 radical (unpaired) electrons. The molecule has 0 saturated heterocycles. The number of aryl methyl sites for hydroxylation is 2.